The van der Waals surface area contributed by atoms with Crippen LogP contribution in [0, 0.1) is 0 Å². The number of carboxylic acid groups (broad SMARTS) is 1. The number of hydrogen-bond donors (Lipinski definition) is 19. The van der Waals surface area contributed by atoms with Crippen LogP contribution in [0.3, 0.4) is 0 Å². The Kier molecular flexibility index (Phi) is 48.1. The Morgan fingerprint density at radius 2 is 0.679 bits per heavy atom. The number of amides is 3. The van der Waals surface area contributed by atoms with E-state index < -0.39 is 159 Å². The molecule has 4 saturated heterocycles. The molecule has 622 valence electrons. The Labute approximate surface area is 627 Å². The Hall–Kier alpha value is -3.28. The molecule has 0 aromatic carbocycles. The summed E-state index contributed by atoms with van der Waals surface area (Å²) >= 11 is 0. The van der Waals surface area contributed by atoms with Crippen molar-refractivity contribution in [2.75, 3.05) is 190 Å². The monoisotopic (exact) mass is 1530 g/mol. The van der Waals surface area contributed by atoms with E-state index in [1.165, 1.54) is 6.92 Å². The molecule has 4 aliphatic heterocycles. The molecule has 3 amide bonds. The van der Waals surface area contributed by atoms with Crippen LogP contribution in [-0.4, -0.2) is 412 Å². The van der Waals surface area contributed by atoms with Crippen LogP contribution in [0.1, 0.15) is 104 Å². The first-order valence-corrected chi connectivity index (χ1v) is 38.7. The van der Waals surface area contributed by atoms with Gasteiger partial charge in [-0.15, -0.1) is 0 Å². The highest BCUT2D eigenvalue weighted by Crippen LogP contribution is 2.35. The van der Waals surface area contributed by atoms with Crippen molar-refractivity contribution >= 4 is 23.7 Å². The van der Waals surface area contributed by atoms with Gasteiger partial charge in [-0.1, -0.05) is 0 Å². The molecular weight excluding hydrogens is 1390 g/mol. The lowest BCUT2D eigenvalue weighted by molar-refractivity contribution is -0.365. The minimum atomic E-state index is -2.19. The zero-order valence-electron chi connectivity index (χ0n) is 63.7. The Morgan fingerprint density at radius 1 is 0.377 bits per heavy atom. The number of carbonyl (C=O) groups is 4. The first-order valence-electron chi connectivity index (χ1n) is 38.7. The molecular formula is C69H140N16O21. The predicted molar refractivity (Wildman–Crippen MR) is 394 cm³/mol. The van der Waals surface area contributed by atoms with Gasteiger partial charge in [0, 0.05) is 27.5 Å². The summed E-state index contributed by atoms with van der Waals surface area (Å²) in [5, 5.41) is 108. The number of nitrogens with two attached hydrogens (primary N) is 7. The molecule has 20 atom stereocenters. The van der Waals surface area contributed by atoms with E-state index in [0.717, 1.165) is 183 Å². The van der Waals surface area contributed by atoms with Gasteiger partial charge in [-0.2, -0.15) is 0 Å². The number of aliphatic carboxylic acids is 1. The molecule has 0 spiro atoms. The predicted octanol–water partition coefficient (Wildman–Crippen LogP) is -7.93. The highest BCUT2D eigenvalue weighted by atomic mass is 16.8. The van der Waals surface area contributed by atoms with Gasteiger partial charge in [0.2, 0.25) is 11.8 Å². The molecule has 4 fully saturated rings. The molecule has 0 aliphatic carbocycles. The molecule has 20 unspecified atom stereocenters. The van der Waals surface area contributed by atoms with Crippen LogP contribution >= 0.6 is 0 Å². The maximum atomic E-state index is 14.9. The molecule has 0 saturated carbocycles. The molecule has 26 N–H and O–H groups in total. The lowest BCUT2D eigenvalue weighted by Crippen LogP contribution is -2.71. The Bertz CT molecular complexity index is 2310. The summed E-state index contributed by atoms with van der Waals surface area (Å²) < 4.78 is 47.3. The third-order valence-corrected chi connectivity index (χ3v) is 19.9. The van der Waals surface area contributed by atoms with Crippen LogP contribution in [0.2, 0.25) is 0 Å². The number of methoxy groups -OCH3 is 1. The summed E-state index contributed by atoms with van der Waals surface area (Å²) in [5.41, 5.74) is 41.8. The zero-order valence-corrected chi connectivity index (χ0v) is 63.7. The molecule has 37 heteroatoms. The van der Waals surface area contributed by atoms with Gasteiger partial charge >= 0.3 is 5.97 Å². The van der Waals surface area contributed by atoms with E-state index >= 15 is 0 Å². The summed E-state index contributed by atoms with van der Waals surface area (Å²) in [4.78, 5) is 67.7. The second-order valence-corrected chi connectivity index (χ2v) is 28.3. The number of nitrogens with zero attached hydrogens (tertiary/aromatic N) is 6. The minimum Gasteiger partial charge on any atom is -0.479 e. The highest BCUT2D eigenvalue weighted by Gasteiger charge is 2.57. The molecule has 0 bridgehead atoms. The third kappa shape index (κ3) is 32.4. The maximum Gasteiger partial charge on any atom is 0.335 e. The van der Waals surface area contributed by atoms with Crippen molar-refractivity contribution in [1.82, 2.24) is 45.3 Å². The molecule has 4 rings (SSSR count). The minimum absolute atomic E-state index is 0.0138. The van der Waals surface area contributed by atoms with Crippen LogP contribution in [0.5, 0.6) is 0 Å². The lowest BCUT2D eigenvalue weighted by atomic mass is 9.92. The summed E-state index contributed by atoms with van der Waals surface area (Å²) in [7, 11) is 1.08. The van der Waals surface area contributed by atoms with E-state index in [1.807, 2.05) is 0 Å². The van der Waals surface area contributed by atoms with Crippen molar-refractivity contribution in [3.63, 3.8) is 0 Å². The quantitative estimate of drug-likeness (QED) is 0.0252. The van der Waals surface area contributed by atoms with E-state index in [-0.39, 0.29) is 6.54 Å². The molecule has 37 nitrogen and oxygen atoms in total. The highest BCUT2D eigenvalue weighted by molar-refractivity contribution is 5.81. The standard InChI is InChI=1S/C69H140N16O21/c1-46-51(78-47(2)88)59(53(90)49(44-86)100-46)102-68-58(95)56(93)62(104-67-52(79-48(3)89)60(54(91)50(45-87)101-67)103-69-57(94)55(92)61(99-4)64(106-69)66(97)98)63(105-68)65(96)77-25-12-33-83(32-11-24-76)37-16-41-85(40-15-36-82(30-9-22-74)31-10-23-75)43-17-42-84(38-13-34-80(26-5-18-70)27-6-19-71)39-14-35-81(28-7-20-72)29-8-21-73/h46,49-64,67-69,86-87,90-95H,5-45,70-76H2,1-4H3,(H,77,96)(H,78,88)(H,79,89)(H,97,98). The Morgan fingerprint density at radius 3 is 1.01 bits per heavy atom. The van der Waals surface area contributed by atoms with Crippen molar-refractivity contribution in [1.29, 1.82) is 0 Å². The normalized spacial score (nSPS) is 29.4. The van der Waals surface area contributed by atoms with Gasteiger partial charge in [-0.05, 0) is 254 Å². The number of aliphatic hydroxyl groups is 8. The third-order valence-electron chi connectivity index (χ3n) is 19.9. The van der Waals surface area contributed by atoms with E-state index in [1.54, 1.807) is 6.92 Å². The first-order chi connectivity index (χ1) is 51.0. The number of hydrogen-bond acceptors (Lipinski definition) is 33. The molecule has 0 aromatic rings. The number of aliphatic hydroxyl groups excluding tert-OH is 8. The SMILES string of the molecule is COC1C(C(=O)O)OC(OC2C(O)C(CO)OC(OC3C(C(=O)NCCCN(CCCN)CCCN(CCCN(CCCN)CCCN)CCCN(CCCN(CCCN)CCCN)CCCN(CCCN)CCCN)OC(OC4C(O)C(CO)OC(C)C4NC(C)=O)C(O)C3O)C2NC(C)=O)C(O)C1O. The smallest absolute Gasteiger partial charge is 0.335 e. The second-order valence-electron chi connectivity index (χ2n) is 28.3. The van der Waals surface area contributed by atoms with Gasteiger partial charge < -0.3 is 169 Å². The topological polar surface area (TPSA) is 562 Å². The fraction of sp³-hybridized carbons (Fsp3) is 0.942. The summed E-state index contributed by atoms with van der Waals surface area (Å²) in [5.74, 6) is -3.92. The van der Waals surface area contributed by atoms with E-state index in [0.29, 0.717) is 78.3 Å². The maximum absolute atomic E-state index is 14.9. The van der Waals surface area contributed by atoms with Crippen molar-refractivity contribution in [3.05, 3.63) is 0 Å². The molecule has 0 radical (unpaired) electrons. The summed E-state index contributed by atoms with van der Waals surface area (Å²) in [6, 6.07) is -2.88. The van der Waals surface area contributed by atoms with E-state index in [4.69, 9.17) is 78.0 Å². The summed E-state index contributed by atoms with van der Waals surface area (Å²) in [6.07, 6.45) is -21.2. The second kappa shape index (κ2) is 53.6. The molecule has 4 heterocycles. The van der Waals surface area contributed by atoms with Crippen molar-refractivity contribution in [2.24, 2.45) is 40.1 Å². The number of carboxylic acids is 1. The van der Waals surface area contributed by atoms with Gasteiger partial charge in [-0.3, -0.25) is 14.4 Å². The van der Waals surface area contributed by atoms with Crippen LogP contribution in [0.15, 0.2) is 0 Å². The molecule has 0 aromatic heterocycles. The number of nitrogens with one attached hydrogen (secondary N) is 3. The average Bonchev–Trinajstić information content (AvgIpc) is 0.767. The largest absolute Gasteiger partial charge is 0.479 e. The van der Waals surface area contributed by atoms with Gasteiger partial charge in [0.15, 0.2) is 31.1 Å². The average molecular weight is 1530 g/mol. The fourth-order valence-corrected chi connectivity index (χ4v) is 14.2. The summed E-state index contributed by atoms with van der Waals surface area (Å²) in [6.45, 7) is 22.2. The molecule has 4 aliphatic rings. The van der Waals surface area contributed by atoms with Crippen molar-refractivity contribution < 1.29 is 103 Å². The van der Waals surface area contributed by atoms with Crippen LogP contribution < -0.4 is 56.1 Å². The fourth-order valence-electron chi connectivity index (χ4n) is 14.2. The van der Waals surface area contributed by atoms with E-state index in [9.17, 15) is 65.1 Å². The zero-order chi connectivity index (χ0) is 78.1. The number of ether oxygens (including phenoxy) is 8. The number of carbonyl (C=O) groups excluding carboxylic acids is 3. The van der Waals surface area contributed by atoms with Gasteiger partial charge in [0.25, 0.3) is 5.91 Å². The molecule has 106 heavy (non-hydrogen) atoms. The van der Waals surface area contributed by atoms with Crippen molar-refractivity contribution in [2.45, 2.75) is 227 Å². The van der Waals surface area contributed by atoms with Crippen LogP contribution in [-0.2, 0) is 57.1 Å². The van der Waals surface area contributed by atoms with Crippen LogP contribution in [0.4, 0.5) is 0 Å². The lowest BCUT2D eigenvalue weighted by Gasteiger charge is -2.50. The van der Waals surface area contributed by atoms with E-state index in [2.05, 4.69) is 45.3 Å². The van der Waals surface area contributed by atoms with Gasteiger partial charge in [0.05, 0.1) is 25.4 Å². The number of rotatable bonds is 58. The van der Waals surface area contributed by atoms with Gasteiger partial charge in [-0.25, -0.2) is 4.79 Å². The Balaban J connectivity index is 1.61. The van der Waals surface area contributed by atoms with Crippen LogP contribution in [0.25, 0.3) is 0 Å². The first kappa shape index (κ1) is 95.1. The van der Waals surface area contributed by atoms with Gasteiger partial charge in [0.1, 0.15) is 79.3 Å². The van der Waals surface area contributed by atoms with Crippen molar-refractivity contribution in [3.8, 4) is 0 Å².